The van der Waals surface area contributed by atoms with Crippen molar-refractivity contribution < 1.29 is 4.79 Å². The highest BCUT2D eigenvalue weighted by Crippen LogP contribution is 2.14. The Labute approximate surface area is 121 Å². The van der Waals surface area contributed by atoms with Gasteiger partial charge in [0.15, 0.2) is 0 Å². The van der Waals surface area contributed by atoms with Gasteiger partial charge >= 0.3 is 0 Å². The number of carbonyl (C=O) groups excluding carboxylic acids is 1. The van der Waals surface area contributed by atoms with Gasteiger partial charge in [0, 0.05) is 10.7 Å². The van der Waals surface area contributed by atoms with E-state index in [0.29, 0.717) is 11.6 Å². The van der Waals surface area contributed by atoms with Gasteiger partial charge in [0.2, 0.25) is 5.91 Å². The summed E-state index contributed by atoms with van der Waals surface area (Å²) in [6.45, 7) is 1.09. The van der Waals surface area contributed by atoms with Crippen LogP contribution in [0.25, 0.3) is 0 Å². The lowest BCUT2D eigenvalue weighted by Crippen LogP contribution is -2.29. The fraction of sp³-hybridized carbons (Fsp3) is 0.214. The van der Waals surface area contributed by atoms with Crippen LogP contribution in [0.3, 0.4) is 0 Å². The van der Waals surface area contributed by atoms with E-state index >= 15 is 0 Å². The number of nitrogens with one attached hydrogen (secondary N) is 2. The predicted molar refractivity (Wildman–Crippen MR) is 81.0 cm³/mol. The number of thiophene rings is 1. The van der Waals surface area contributed by atoms with E-state index in [1.165, 1.54) is 5.56 Å². The van der Waals surface area contributed by atoms with Crippen molar-refractivity contribution in [1.29, 1.82) is 0 Å². The van der Waals surface area contributed by atoms with Gasteiger partial charge in [0.25, 0.3) is 0 Å². The van der Waals surface area contributed by atoms with Crippen LogP contribution >= 0.6 is 22.9 Å². The third-order valence-electron chi connectivity index (χ3n) is 2.56. The molecule has 1 aromatic carbocycles. The quantitative estimate of drug-likeness (QED) is 0.804. The molecule has 0 atom stereocenters. The lowest BCUT2D eigenvalue weighted by Gasteiger charge is -2.06. The second kappa shape index (κ2) is 7.28. The molecule has 0 aliphatic heterocycles. The molecular weight excluding hydrogens is 280 g/mol. The normalized spacial score (nSPS) is 10.4. The molecule has 0 saturated heterocycles. The molecule has 0 aliphatic carbocycles. The zero-order valence-electron chi connectivity index (χ0n) is 10.4. The Morgan fingerprint density at radius 2 is 2.21 bits per heavy atom. The van der Waals surface area contributed by atoms with Crippen LogP contribution in [0.4, 0.5) is 5.69 Å². The summed E-state index contributed by atoms with van der Waals surface area (Å²) in [4.78, 5) is 11.7. The average Bonchev–Trinajstić information content (AvgIpc) is 2.88. The molecule has 0 saturated carbocycles. The predicted octanol–water partition coefficient (Wildman–Crippen LogP) is 3.17. The molecule has 2 rings (SSSR count). The number of rotatable bonds is 6. The van der Waals surface area contributed by atoms with E-state index in [0.717, 1.165) is 18.7 Å². The maximum absolute atomic E-state index is 11.7. The molecule has 2 N–H and O–H groups in total. The first-order valence-electron chi connectivity index (χ1n) is 6.01. The maximum Gasteiger partial charge on any atom is 0.238 e. The minimum atomic E-state index is -0.0624. The number of halogens is 1. The van der Waals surface area contributed by atoms with Crippen LogP contribution in [0.15, 0.2) is 41.1 Å². The Kier molecular flexibility index (Phi) is 5.39. The van der Waals surface area contributed by atoms with Crippen molar-refractivity contribution >= 4 is 34.5 Å². The van der Waals surface area contributed by atoms with Crippen LogP contribution in [-0.2, 0) is 11.2 Å². The van der Waals surface area contributed by atoms with E-state index in [4.69, 9.17) is 11.6 Å². The molecule has 5 heteroatoms. The van der Waals surface area contributed by atoms with Crippen molar-refractivity contribution in [2.24, 2.45) is 0 Å². The number of hydrogen-bond acceptors (Lipinski definition) is 3. The summed E-state index contributed by atoms with van der Waals surface area (Å²) in [5.41, 5.74) is 2.02. The Morgan fingerprint density at radius 3 is 2.95 bits per heavy atom. The maximum atomic E-state index is 11.7. The first-order chi connectivity index (χ1) is 9.24. The summed E-state index contributed by atoms with van der Waals surface area (Å²) in [6, 6.07) is 9.22. The smallest absolute Gasteiger partial charge is 0.238 e. The summed E-state index contributed by atoms with van der Waals surface area (Å²) in [6.07, 6.45) is 0.938. The van der Waals surface area contributed by atoms with Crippen LogP contribution in [0.1, 0.15) is 5.56 Å². The van der Waals surface area contributed by atoms with Crippen molar-refractivity contribution in [3.8, 4) is 0 Å². The lowest BCUT2D eigenvalue weighted by molar-refractivity contribution is -0.115. The van der Waals surface area contributed by atoms with Crippen LogP contribution in [0, 0.1) is 0 Å². The second-order valence-corrected chi connectivity index (χ2v) is 5.33. The number of benzene rings is 1. The van der Waals surface area contributed by atoms with Crippen LogP contribution in [0.5, 0.6) is 0 Å². The van der Waals surface area contributed by atoms with Crippen molar-refractivity contribution in [2.75, 3.05) is 18.4 Å². The molecule has 0 unspecified atom stereocenters. The molecule has 2 aromatic rings. The molecule has 0 fully saturated rings. The SMILES string of the molecule is O=C(CNCCc1ccsc1)Nc1cccc(Cl)c1. The molecule has 1 aromatic heterocycles. The van der Waals surface area contributed by atoms with Gasteiger partial charge in [-0.3, -0.25) is 4.79 Å². The van der Waals surface area contributed by atoms with Crippen LogP contribution < -0.4 is 10.6 Å². The molecule has 0 bridgehead atoms. The van der Waals surface area contributed by atoms with Crippen molar-refractivity contribution in [3.05, 3.63) is 51.7 Å². The van der Waals surface area contributed by atoms with E-state index in [9.17, 15) is 4.79 Å². The molecule has 3 nitrogen and oxygen atoms in total. The van der Waals surface area contributed by atoms with E-state index in [1.807, 2.05) is 12.1 Å². The third-order valence-corrected chi connectivity index (χ3v) is 3.53. The van der Waals surface area contributed by atoms with Gasteiger partial charge < -0.3 is 10.6 Å². The Morgan fingerprint density at radius 1 is 1.32 bits per heavy atom. The summed E-state index contributed by atoms with van der Waals surface area (Å²) in [7, 11) is 0. The zero-order valence-corrected chi connectivity index (χ0v) is 11.9. The summed E-state index contributed by atoms with van der Waals surface area (Å²) < 4.78 is 0. The Hall–Kier alpha value is -1.36. The molecule has 0 spiro atoms. The van der Waals surface area contributed by atoms with Gasteiger partial charge in [-0.05, 0) is 53.6 Å². The average molecular weight is 295 g/mol. The fourth-order valence-corrected chi connectivity index (χ4v) is 2.53. The van der Waals surface area contributed by atoms with Crippen LogP contribution in [-0.4, -0.2) is 19.0 Å². The molecule has 19 heavy (non-hydrogen) atoms. The van der Waals surface area contributed by atoms with E-state index < -0.39 is 0 Å². The fourth-order valence-electron chi connectivity index (χ4n) is 1.64. The monoisotopic (exact) mass is 294 g/mol. The standard InChI is InChI=1S/C14H15ClN2OS/c15-12-2-1-3-13(8-12)17-14(18)9-16-6-4-11-5-7-19-10-11/h1-3,5,7-8,10,16H,4,6,9H2,(H,17,18). The molecule has 100 valence electrons. The second-order valence-electron chi connectivity index (χ2n) is 4.12. The number of anilines is 1. The molecule has 0 radical (unpaired) electrons. The highest BCUT2D eigenvalue weighted by atomic mass is 35.5. The first-order valence-corrected chi connectivity index (χ1v) is 7.33. The molecular formula is C14H15ClN2OS. The molecule has 0 aliphatic rings. The lowest BCUT2D eigenvalue weighted by atomic mass is 10.2. The van der Waals surface area contributed by atoms with E-state index in [1.54, 1.807) is 23.5 Å². The number of hydrogen-bond donors (Lipinski definition) is 2. The van der Waals surface area contributed by atoms with Gasteiger partial charge in [-0.1, -0.05) is 17.7 Å². The van der Waals surface area contributed by atoms with E-state index in [-0.39, 0.29) is 5.91 Å². The zero-order chi connectivity index (χ0) is 13.5. The molecule has 1 heterocycles. The first kappa shape index (κ1) is 14.1. The summed E-state index contributed by atoms with van der Waals surface area (Å²) in [5.74, 6) is -0.0624. The van der Waals surface area contributed by atoms with Gasteiger partial charge in [0.1, 0.15) is 0 Å². The number of carbonyl (C=O) groups is 1. The van der Waals surface area contributed by atoms with Crippen LogP contribution in [0.2, 0.25) is 5.02 Å². The summed E-state index contributed by atoms with van der Waals surface area (Å²) >= 11 is 7.53. The van der Waals surface area contributed by atoms with Gasteiger partial charge in [0.05, 0.1) is 6.54 Å². The van der Waals surface area contributed by atoms with E-state index in [2.05, 4.69) is 27.5 Å². The summed E-state index contributed by atoms with van der Waals surface area (Å²) in [5, 5.41) is 10.7. The van der Waals surface area contributed by atoms with Gasteiger partial charge in [-0.2, -0.15) is 11.3 Å². The highest BCUT2D eigenvalue weighted by molar-refractivity contribution is 7.07. The third kappa shape index (κ3) is 5.03. The minimum absolute atomic E-state index is 0.0624. The minimum Gasteiger partial charge on any atom is -0.325 e. The topological polar surface area (TPSA) is 41.1 Å². The highest BCUT2D eigenvalue weighted by Gasteiger charge is 2.02. The van der Waals surface area contributed by atoms with Crippen molar-refractivity contribution in [2.45, 2.75) is 6.42 Å². The number of amides is 1. The Balaban J connectivity index is 1.67. The van der Waals surface area contributed by atoms with Crippen molar-refractivity contribution in [1.82, 2.24) is 5.32 Å². The molecule has 1 amide bonds. The van der Waals surface area contributed by atoms with Crippen molar-refractivity contribution in [3.63, 3.8) is 0 Å². The largest absolute Gasteiger partial charge is 0.325 e. The van der Waals surface area contributed by atoms with Gasteiger partial charge in [-0.25, -0.2) is 0 Å². The van der Waals surface area contributed by atoms with Gasteiger partial charge in [-0.15, -0.1) is 0 Å². The Bertz CT molecular complexity index is 528.